The fourth-order valence-electron chi connectivity index (χ4n) is 6.54. The molecule has 0 amide bonds. The number of hydrogen-bond acceptors (Lipinski definition) is 16. The number of benzene rings is 2. The second-order valence-electron chi connectivity index (χ2n) is 15.1. The SMILES string of the molecule is N#Cc1cncc(COc2nc(OCc3cccc(-c4cccc(COc5ccc(CNCC(O)CC(=O)O)c(OCc6cncc(C#N)c6)n5)c4Cl)c3Cl)ccc2CNCC(O)CC(=O)O)c1. The van der Waals surface area contributed by atoms with Gasteiger partial charge in [0.2, 0.25) is 23.5 Å². The van der Waals surface area contributed by atoms with Gasteiger partial charge in [-0.1, -0.05) is 59.6 Å². The average Bonchev–Trinajstić information content (AvgIpc) is 3.32. The lowest BCUT2D eigenvalue weighted by molar-refractivity contribution is -0.140. The molecule has 4 aromatic heterocycles. The van der Waals surface area contributed by atoms with Gasteiger partial charge < -0.3 is 50.0 Å². The molecule has 0 spiro atoms. The molecule has 4 heterocycles. The van der Waals surface area contributed by atoms with Crippen LogP contribution in [0, 0.1) is 22.7 Å². The Hall–Kier alpha value is -7.42. The predicted octanol–water partition coefficient (Wildman–Crippen LogP) is 6.15. The third kappa shape index (κ3) is 14.8. The molecule has 6 rings (SSSR count). The van der Waals surface area contributed by atoms with Crippen LogP contribution in [0.15, 0.2) is 97.6 Å². The van der Waals surface area contributed by atoms with Crippen molar-refractivity contribution in [3.8, 4) is 46.8 Å². The Labute approximate surface area is 400 Å². The number of carbonyl (C=O) groups is 2. The number of aliphatic carboxylic acids is 2. The number of hydrogen-bond donors (Lipinski definition) is 6. The van der Waals surface area contributed by atoms with Crippen molar-refractivity contribution in [3.05, 3.63) is 152 Å². The van der Waals surface area contributed by atoms with Crippen LogP contribution in [-0.4, -0.2) is 77.6 Å². The first-order valence-corrected chi connectivity index (χ1v) is 21.6. The number of aliphatic hydroxyl groups is 2. The van der Waals surface area contributed by atoms with E-state index in [-0.39, 0.29) is 76.1 Å². The summed E-state index contributed by atoms with van der Waals surface area (Å²) in [4.78, 5) is 39.3. The van der Waals surface area contributed by atoms with Crippen LogP contribution in [0.3, 0.4) is 0 Å². The maximum Gasteiger partial charge on any atom is 0.306 e. The highest BCUT2D eigenvalue weighted by Crippen LogP contribution is 2.38. The normalized spacial score (nSPS) is 11.7. The maximum absolute atomic E-state index is 11.0. The van der Waals surface area contributed by atoms with E-state index in [0.29, 0.717) is 65.7 Å². The molecule has 0 saturated carbocycles. The number of pyridine rings is 4. The van der Waals surface area contributed by atoms with Gasteiger partial charge in [0.1, 0.15) is 38.6 Å². The van der Waals surface area contributed by atoms with Crippen molar-refractivity contribution < 1.29 is 49.0 Å². The van der Waals surface area contributed by atoms with Crippen molar-refractivity contribution in [2.45, 2.75) is 64.6 Å². The van der Waals surface area contributed by atoms with E-state index >= 15 is 0 Å². The van der Waals surface area contributed by atoms with Gasteiger partial charge in [-0.3, -0.25) is 19.6 Å². The topological polar surface area (TPSA) is 275 Å². The summed E-state index contributed by atoms with van der Waals surface area (Å²) >= 11 is 14.0. The van der Waals surface area contributed by atoms with Crippen LogP contribution < -0.4 is 29.6 Å². The van der Waals surface area contributed by atoms with E-state index in [2.05, 4.69) is 30.6 Å². The van der Waals surface area contributed by atoms with E-state index in [1.807, 2.05) is 36.4 Å². The third-order valence-corrected chi connectivity index (χ3v) is 10.7. The first-order chi connectivity index (χ1) is 32.9. The monoisotopic (exact) mass is 962 g/mol. The van der Waals surface area contributed by atoms with E-state index in [4.69, 9.17) is 52.4 Å². The number of nitriles is 2. The highest BCUT2D eigenvalue weighted by atomic mass is 35.5. The van der Waals surface area contributed by atoms with E-state index in [9.17, 15) is 30.3 Å². The fraction of sp³-hybridized carbons (Fsp3) is 0.250. The number of nitrogens with zero attached hydrogens (tertiary/aromatic N) is 6. The molecule has 20 heteroatoms. The maximum atomic E-state index is 11.0. The van der Waals surface area contributed by atoms with Crippen molar-refractivity contribution in [2.75, 3.05) is 13.1 Å². The Morgan fingerprint density at radius 1 is 0.588 bits per heavy atom. The van der Waals surface area contributed by atoms with Gasteiger partial charge in [-0.25, -0.2) is 0 Å². The molecule has 68 heavy (non-hydrogen) atoms. The van der Waals surface area contributed by atoms with Crippen LogP contribution in [0.4, 0.5) is 0 Å². The summed E-state index contributed by atoms with van der Waals surface area (Å²) in [5.74, 6) is -1.41. The zero-order chi connectivity index (χ0) is 48.4. The van der Waals surface area contributed by atoms with Gasteiger partial charge in [0.05, 0.1) is 46.2 Å². The smallest absolute Gasteiger partial charge is 0.306 e. The van der Waals surface area contributed by atoms with Gasteiger partial charge in [0.25, 0.3) is 0 Å². The molecule has 0 saturated heterocycles. The molecule has 2 atom stereocenters. The Bertz CT molecular complexity index is 2620. The van der Waals surface area contributed by atoms with Gasteiger partial charge in [0, 0.05) is 108 Å². The minimum absolute atomic E-state index is 0.0113. The lowest BCUT2D eigenvalue weighted by atomic mass is 10.0. The van der Waals surface area contributed by atoms with E-state index in [1.54, 1.807) is 60.9 Å². The fourth-order valence-corrected chi connectivity index (χ4v) is 7.10. The summed E-state index contributed by atoms with van der Waals surface area (Å²) in [6, 6.07) is 25.0. The second kappa shape index (κ2) is 24.9. The van der Waals surface area contributed by atoms with Crippen molar-refractivity contribution >= 4 is 35.1 Å². The molecule has 6 N–H and O–H groups in total. The number of halogens is 2. The molecular weight excluding hydrogens is 919 g/mol. The van der Waals surface area contributed by atoms with Crippen LogP contribution in [0.5, 0.6) is 23.5 Å². The van der Waals surface area contributed by atoms with E-state index in [1.165, 1.54) is 12.4 Å². The molecule has 0 aliphatic carbocycles. The summed E-state index contributed by atoms with van der Waals surface area (Å²) in [7, 11) is 0. The first-order valence-electron chi connectivity index (χ1n) is 20.8. The molecule has 0 radical (unpaired) electrons. The lowest BCUT2D eigenvalue weighted by Crippen LogP contribution is -2.28. The average molecular weight is 964 g/mol. The summed E-state index contributed by atoms with van der Waals surface area (Å²) in [6.07, 6.45) is 2.98. The number of ether oxygens (including phenoxy) is 4. The predicted molar refractivity (Wildman–Crippen MR) is 246 cm³/mol. The van der Waals surface area contributed by atoms with Gasteiger partial charge in [-0.2, -0.15) is 20.5 Å². The molecule has 6 aromatic rings. The number of aromatic nitrogens is 4. The third-order valence-electron chi connectivity index (χ3n) is 9.84. The molecule has 0 aliphatic heterocycles. The Kier molecular flexibility index (Phi) is 18.3. The van der Waals surface area contributed by atoms with Gasteiger partial charge in [0.15, 0.2) is 0 Å². The number of aliphatic hydroxyl groups excluding tert-OH is 2. The number of rotatable bonds is 25. The van der Waals surface area contributed by atoms with Gasteiger partial charge in [-0.05, 0) is 24.3 Å². The summed E-state index contributed by atoms with van der Waals surface area (Å²) in [5.41, 5.74) is 5.70. The highest BCUT2D eigenvalue weighted by molar-refractivity contribution is 6.37. The number of carboxylic acids is 2. The van der Waals surface area contributed by atoms with Crippen molar-refractivity contribution in [3.63, 3.8) is 0 Å². The van der Waals surface area contributed by atoms with Crippen LogP contribution in [0.1, 0.15) is 57.3 Å². The van der Waals surface area contributed by atoms with Crippen LogP contribution in [0.25, 0.3) is 11.1 Å². The Morgan fingerprint density at radius 3 is 1.41 bits per heavy atom. The molecule has 2 unspecified atom stereocenters. The van der Waals surface area contributed by atoms with Gasteiger partial charge >= 0.3 is 11.9 Å². The highest BCUT2D eigenvalue weighted by Gasteiger charge is 2.18. The Morgan fingerprint density at radius 2 is 1.01 bits per heavy atom. The molecule has 0 fully saturated rings. The van der Waals surface area contributed by atoms with Crippen LogP contribution in [0.2, 0.25) is 10.0 Å². The molecule has 2 aromatic carbocycles. The zero-order valence-corrected chi connectivity index (χ0v) is 37.7. The number of carboxylic acid groups (broad SMARTS) is 2. The molecule has 18 nitrogen and oxygen atoms in total. The Balaban J connectivity index is 1.15. The minimum atomic E-state index is -1.12. The summed E-state index contributed by atoms with van der Waals surface area (Å²) < 4.78 is 24.3. The van der Waals surface area contributed by atoms with Crippen molar-refractivity contribution in [1.82, 2.24) is 30.6 Å². The largest absolute Gasteiger partial charge is 0.481 e. The zero-order valence-electron chi connectivity index (χ0n) is 36.1. The first kappa shape index (κ1) is 50.0. The van der Waals surface area contributed by atoms with E-state index in [0.717, 1.165) is 0 Å². The molecule has 350 valence electrons. The number of nitrogens with one attached hydrogen (secondary N) is 2. The summed E-state index contributed by atoms with van der Waals surface area (Å²) in [5, 5.41) is 63.4. The quantitative estimate of drug-likeness (QED) is 0.0375. The molecule has 0 aliphatic rings. The standard InChI is InChI=1S/C48H44Cl2N8O10/c49-45-35(27-65-41-9-7-33(21-55-23-37(59)13-43(61)62)47(57-41)67-25-31-11-29(15-51)17-53-19-31)3-1-5-39(45)40-6-2-4-36(46(40)50)28-66-42-10-8-34(22-56-24-38(60)14-44(63)64)48(58-42)68-26-32-12-30(16-52)18-54-20-32/h1-12,17-20,37-38,55-56,59-60H,13-14,21-28H2,(H,61,62)(H,63,64). The van der Waals surface area contributed by atoms with E-state index < -0.39 is 37.0 Å². The summed E-state index contributed by atoms with van der Waals surface area (Å²) in [6.45, 7) is 0.498. The minimum Gasteiger partial charge on any atom is -0.481 e. The second-order valence-corrected chi connectivity index (χ2v) is 15.8. The van der Waals surface area contributed by atoms with Gasteiger partial charge in [-0.15, -0.1) is 0 Å². The van der Waals surface area contributed by atoms with Crippen LogP contribution >= 0.6 is 23.2 Å². The van der Waals surface area contributed by atoms with Crippen LogP contribution in [-0.2, 0) is 49.1 Å². The molecule has 0 bridgehead atoms. The lowest BCUT2D eigenvalue weighted by Gasteiger charge is -2.16. The molecular formula is C48H44Cl2N8O10. The van der Waals surface area contributed by atoms with Crippen molar-refractivity contribution in [2.24, 2.45) is 0 Å². The van der Waals surface area contributed by atoms with Crippen molar-refractivity contribution in [1.29, 1.82) is 10.5 Å².